The molecule has 1 aromatic heterocycles. The molecule has 0 radical (unpaired) electrons. The summed E-state index contributed by atoms with van der Waals surface area (Å²) in [5.74, 6) is 0.980. The Morgan fingerprint density at radius 2 is 2.40 bits per heavy atom. The van der Waals surface area contributed by atoms with Crippen molar-refractivity contribution in [3.8, 4) is 5.75 Å². The molecule has 1 unspecified atom stereocenters. The van der Waals surface area contributed by atoms with Crippen LogP contribution in [0, 0.1) is 6.92 Å². The smallest absolute Gasteiger partial charge is 0.146 e. The monoisotopic (exact) mass is 289 g/mol. The molecule has 4 nitrogen and oxygen atoms in total. The molecular weight excluding hydrogens is 270 g/mol. The lowest BCUT2D eigenvalue weighted by Gasteiger charge is -2.22. The van der Waals surface area contributed by atoms with Crippen molar-refractivity contribution < 1.29 is 4.74 Å². The van der Waals surface area contributed by atoms with E-state index in [1.807, 2.05) is 6.20 Å². The average Bonchev–Trinajstić information content (AvgIpc) is 2.91. The molecule has 2 heterocycles. The zero-order chi connectivity index (χ0) is 13.9. The van der Waals surface area contributed by atoms with Gasteiger partial charge in [-0.15, -0.1) is 11.3 Å². The number of nitrogens with zero attached hydrogens (tertiary/aromatic N) is 1. The van der Waals surface area contributed by atoms with Gasteiger partial charge in [-0.25, -0.2) is 4.98 Å². The number of thiazole rings is 1. The highest BCUT2D eigenvalue weighted by atomic mass is 32.1. The van der Waals surface area contributed by atoms with Crippen molar-refractivity contribution in [1.29, 1.82) is 0 Å². The molecule has 20 heavy (non-hydrogen) atoms. The van der Waals surface area contributed by atoms with Crippen LogP contribution in [0.4, 0.5) is 5.69 Å². The fourth-order valence-corrected chi connectivity index (χ4v) is 3.10. The summed E-state index contributed by atoms with van der Waals surface area (Å²) in [6, 6.07) is 6.49. The SMILES string of the molecule is Cc1cnc(C(C)NCc2cccc3c2OCCN3)s1. The normalized spacial score (nSPS) is 15.1. The Morgan fingerprint density at radius 3 is 3.20 bits per heavy atom. The number of nitrogens with one attached hydrogen (secondary N) is 2. The van der Waals surface area contributed by atoms with Crippen LogP contribution in [0.2, 0.25) is 0 Å². The zero-order valence-corrected chi connectivity index (χ0v) is 12.6. The van der Waals surface area contributed by atoms with Gasteiger partial charge < -0.3 is 15.4 Å². The van der Waals surface area contributed by atoms with E-state index in [4.69, 9.17) is 4.74 Å². The fraction of sp³-hybridized carbons (Fsp3) is 0.400. The Labute approximate surface area is 123 Å². The molecule has 5 heteroatoms. The number of aromatic nitrogens is 1. The van der Waals surface area contributed by atoms with Crippen molar-refractivity contribution in [3.05, 3.63) is 39.8 Å². The number of aryl methyl sites for hydroxylation is 1. The van der Waals surface area contributed by atoms with Gasteiger partial charge in [0.05, 0.1) is 11.7 Å². The molecule has 0 bridgehead atoms. The van der Waals surface area contributed by atoms with Gasteiger partial charge in [0.2, 0.25) is 0 Å². The third-order valence-electron chi connectivity index (χ3n) is 3.37. The molecule has 1 aliphatic rings. The van der Waals surface area contributed by atoms with Crippen molar-refractivity contribution in [1.82, 2.24) is 10.3 Å². The maximum atomic E-state index is 5.78. The summed E-state index contributed by atoms with van der Waals surface area (Å²) in [5, 5.41) is 8.01. The van der Waals surface area contributed by atoms with Gasteiger partial charge in [-0.3, -0.25) is 0 Å². The second-order valence-corrected chi connectivity index (χ2v) is 6.25. The minimum absolute atomic E-state index is 0.251. The lowest BCUT2D eigenvalue weighted by molar-refractivity contribution is 0.318. The number of rotatable bonds is 4. The second kappa shape index (κ2) is 5.81. The van der Waals surface area contributed by atoms with E-state index in [1.165, 1.54) is 10.4 Å². The molecule has 2 aromatic rings. The molecule has 0 fully saturated rings. The third kappa shape index (κ3) is 2.78. The lowest BCUT2D eigenvalue weighted by atomic mass is 10.1. The molecule has 0 saturated heterocycles. The standard InChI is InChI=1S/C15H19N3OS/c1-10-8-18-15(20-10)11(2)17-9-12-4-3-5-13-14(12)19-7-6-16-13/h3-5,8,11,16-17H,6-7,9H2,1-2H3. The van der Waals surface area contributed by atoms with Crippen LogP contribution < -0.4 is 15.4 Å². The molecule has 1 aromatic carbocycles. The highest BCUT2D eigenvalue weighted by molar-refractivity contribution is 7.11. The van der Waals surface area contributed by atoms with Crippen LogP contribution in [0.3, 0.4) is 0 Å². The first-order valence-corrected chi connectivity index (χ1v) is 7.70. The minimum Gasteiger partial charge on any atom is -0.489 e. The van der Waals surface area contributed by atoms with E-state index < -0.39 is 0 Å². The van der Waals surface area contributed by atoms with Crippen molar-refractivity contribution in [2.24, 2.45) is 0 Å². The van der Waals surface area contributed by atoms with E-state index in [9.17, 15) is 0 Å². The van der Waals surface area contributed by atoms with Crippen molar-refractivity contribution in [2.75, 3.05) is 18.5 Å². The number of ether oxygens (including phenoxy) is 1. The Kier molecular flexibility index (Phi) is 3.89. The summed E-state index contributed by atoms with van der Waals surface area (Å²) in [5.41, 5.74) is 2.28. The van der Waals surface area contributed by atoms with Crippen LogP contribution >= 0.6 is 11.3 Å². The molecule has 0 saturated carbocycles. The zero-order valence-electron chi connectivity index (χ0n) is 11.8. The predicted molar refractivity (Wildman–Crippen MR) is 82.5 cm³/mol. The predicted octanol–water partition coefficient (Wildman–Crippen LogP) is 3.11. The van der Waals surface area contributed by atoms with Gasteiger partial charge in [-0.05, 0) is 19.9 Å². The van der Waals surface area contributed by atoms with Crippen LogP contribution in [0.15, 0.2) is 24.4 Å². The Balaban J connectivity index is 1.69. The number of benzene rings is 1. The van der Waals surface area contributed by atoms with Crippen LogP contribution in [-0.2, 0) is 6.54 Å². The van der Waals surface area contributed by atoms with Gasteiger partial charge >= 0.3 is 0 Å². The number of hydrogen-bond donors (Lipinski definition) is 2. The number of hydrogen-bond acceptors (Lipinski definition) is 5. The first-order chi connectivity index (χ1) is 9.74. The van der Waals surface area contributed by atoms with Gasteiger partial charge in [0, 0.05) is 29.7 Å². The van der Waals surface area contributed by atoms with Crippen LogP contribution in [0.25, 0.3) is 0 Å². The summed E-state index contributed by atoms with van der Waals surface area (Å²) in [6.45, 7) is 6.61. The van der Waals surface area contributed by atoms with Crippen molar-refractivity contribution in [2.45, 2.75) is 26.4 Å². The minimum atomic E-state index is 0.251. The Hall–Kier alpha value is -1.59. The highest BCUT2D eigenvalue weighted by Crippen LogP contribution is 2.31. The van der Waals surface area contributed by atoms with E-state index in [1.54, 1.807) is 11.3 Å². The summed E-state index contributed by atoms with van der Waals surface area (Å²) in [4.78, 5) is 5.68. The molecule has 3 rings (SSSR count). The maximum absolute atomic E-state index is 5.78. The van der Waals surface area contributed by atoms with Crippen LogP contribution in [0.1, 0.15) is 28.4 Å². The Bertz CT molecular complexity index is 597. The van der Waals surface area contributed by atoms with Crippen LogP contribution in [-0.4, -0.2) is 18.1 Å². The largest absolute Gasteiger partial charge is 0.489 e. The molecule has 2 N–H and O–H groups in total. The number of para-hydroxylation sites is 1. The second-order valence-electron chi connectivity index (χ2n) is 4.98. The highest BCUT2D eigenvalue weighted by Gasteiger charge is 2.15. The van der Waals surface area contributed by atoms with Gasteiger partial charge in [-0.1, -0.05) is 12.1 Å². The summed E-state index contributed by atoms with van der Waals surface area (Å²) < 4.78 is 5.78. The lowest BCUT2D eigenvalue weighted by Crippen LogP contribution is -2.22. The summed E-state index contributed by atoms with van der Waals surface area (Å²) in [7, 11) is 0. The van der Waals surface area contributed by atoms with E-state index >= 15 is 0 Å². The summed E-state index contributed by atoms with van der Waals surface area (Å²) in [6.07, 6.45) is 1.93. The van der Waals surface area contributed by atoms with Gasteiger partial charge in [0.1, 0.15) is 17.4 Å². The van der Waals surface area contributed by atoms with E-state index in [0.717, 1.165) is 36.1 Å². The average molecular weight is 289 g/mol. The molecule has 0 spiro atoms. The van der Waals surface area contributed by atoms with E-state index in [-0.39, 0.29) is 6.04 Å². The number of anilines is 1. The van der Waals surface area contributed by atoms with E-state index in [0.29, 0.717) is 0 Å². The maximum Gasteiger partial charge on any atom is 0.146 e. The van der Waals surface area contributed by atoms with Gasteiger partial charge in [0.15, 0.2) is 0 Å². The first kappa shape index (κ1) is 13.4. The fourth-order valence-electron chi connectivity index (χ4n) is 2.30. The van der Waals surface area contributed by atoms with E-state index in [2.05, 4.69) is 47.7 Å². The number of fused-ring (bicyclic) bond motifs is 1. The van der Waals surface area contributed by atoms with Crippen LogP contribution in [0.5, 0.6) is 5.75 Å². The quantitative estimate of drug-likeness (QED) is 0.908. The third-order valence-corrected chi connectivity index (χ3v) is 4.46. The van der Waals surface area contributed by atoms with Gasteiger partial charge in [-0.2, -0.15) is 0 Å². The van der Waals surface area contributed by atoms with Gasteiger partial charge in [0.25, 0.3) is 0 Å². The molecular formula is C15H19N3OS. The molecule has 106 valence electrons. The molecule has 1 aliphatic heterocycles. The van der Waals surface area contributed by atoms with Crippen molar-refractivity contribution >= 4 is 17.0 Å². The Morgan fingerprint density at radius 1 is 1.50 bits per heavy atom. The first-order valence-electron chi connectivity index (χ1n) is 6.88. The molecule has 0 amide bonds. The topological polar surface area (TPSA) is 46.2 Å². The summed E-state index contributed by atoms with van der Waals surface area (Å²) >= 11 is 1.74. The van der Waals surface area contributed by atoms with Crippen molar-refractivity contribution in [3.63, 3.8) is 0 Å². The molecule has 1 atom stereocenters. The molecule has 0 aliphatic carbocycles.